The molecule has 17 heavy (non-hydrogen) atoms. The highest BCUT2D eigenvalue weighted by atomic mass is 16.3. The molecule has 0 saturated carbocycles. The molecular weight excluding hydrogens is 212 g/mol. The first-order valence-electron chi connectivity index (χ1n) is 5.77. The summed E-state index contributed by atoms with van der Waals surface area (Å²) in [5.74, 6) is 7.37. The number of nitrogens with two attached hydrogens (primary N) is 1. The number of hydrogen-bond donors (Lipinski definition) is 2. The Kier molecular flexibility index (Phi) is 3.61. The molecule has 1 heterocycles. The van der Waals surface area contributed by atoms with Gasteiger partial charge >= 0.3 is 0 Å². The van der Waals surface area contributed by atoms with Crippen LogP contribution in [0.5, 0.6) is 0 Å². The first-order chi connectivity index (χ1) is 8.19. The summed E-state index contributed by atoms with van der Waals surface area (Å²) >= 11 is 0. The van der Waals surface area contributed by atoms with Gasteiger partial charge in [-0.15, -0.1) is 0 Å². The lowest BCUT2D eigenvalue weighted by atomic mass is 10.0. The van der Waals surface area contributed by atoms with Gasteiger partial charge in [0.15, 0.2) is 0 Å². The number of furan rings is 1. The van der Waals surface area contributed by atoms with Gasteiger partial charge in [0.1, 0.15) is 11.5 Å². The molecule has 3 N–H and O–H groups in total. The molecule has 2 aromatic rings. The van der Waals surface area contributed by atoms with Crippen LogP contribution in [-0.4, -0.2) is 0 Å². The Labute approximate surface area is 102 Å². The van der Waals surface area contributed by atoms with Crippen molar-refractivity contribution in [1.29, 1.82) is 0 Å². The van der Waals surface area contributed by atoms with Crippen LogP contribution in [0.15, 0.2) is 40.8 Å². The molecule has 0 radical (unpaired) electrons. The zero-order valence-corrected chi connectivity index (χ0v) is 10.2. The minimum absolute atomic E-state index is 0.0198. The molecule has 0 bridgehead atoms. The molecular formula is C14H18N2O. The van der Waals surface area contributed by atoms with E-state index in [9.17, 15) is 0 Å². The monoisotopic (exact) mass is 230 g/mol. The van der Waals surface area contributed by atoms with E-state index in [1.807, 2.05) is 19.1 Å². The van der Waals surface area contributed by atoms with Crippen LogP contribution in [0.1, 0.15) is 28.7 Å². The third-order valence-electron chi connectivity index (χ3n) is 2.87. The summed E-state index contributed by atoms with van der Waals surface area (Å²) in [6, 6.07) is 12.4. The van der Waals surface area contributed by atoms with Gasteiger partial charge in [-0.25, -0.2) is 5.43 Å². The van der Waals surface area contributed by atoms with E-state index >= 15 is 0 Å². The van der Waals surface area contributed by atoms with Crippen molar-refractivity contribution in [1.82, 2.24) is 5.43 Å². The van der Waals surface area contributed by atoms with Crippen molar-refractivity contribution < 1.29 is 4.42 Å². The van der Waals surface area contributed by atoms with Crippen LogP contribution in [0, 0.1) is 13.8 Å². The van der Waals surface area contributed by atoms with E-state index in [1.165, 1.54) is 11.1 Å². The van der Waals surface area contributed by atoms with Crippen molar-refractivity contribution in [3.05, 3.63) is 59.0 Å². The van der Waals surface area contributed by atoms with Crippen molar-refractivity contribution in [2.24, 2.45) is 5.84 Å². The van der Waals surface area contributed by atoms with Gasteiger partial charge in [0.25, 0.3) is 0 Å². The molecule has 0 aliphatic rings. The van der Waals surface area contributed by atoms with Gasteiger partial charge in [0, 0.05) is 0 Å². The third-order valence-corrected chi connectivity index (χ3v) is 2.87. The number of nitrogens with one attached hydrogen (secondary N) is 1. The molecule has 1 atom stereocenters. The van der Waals surface area contributed by atoms with Gasteiger partial charge in [-0.2, -0.15) is 0 Å². The van der Waals surface area contributed by atoms with Crippen LogP contribution in [0.25, 0.3) is 0 Å². The smallest absolute Gasteiger partial charge is 0.122 e. The van der Waals surface area contributed by atoms with Crippen LogP contribution in [0.4, 0.5) is 0 Å². The van der Waals surface area contributed by atoms with Crippen molar-refractivity contribution in [3.63, 3.8) is 0 Å². The highest BCUT2D eigenvalue weighted by Crippen LogP contribution is 2.20. The second-order valence-electron chi connectivity index (χ2n) is 4.36. The van der Waals surface area contributed by atoms with E-state index in [-0.39, 0.29) is 6.04 Å². The second-order valence-corrected chi connectivity index (χ2v) is 4.36. The lowest BCUT2D eigenvalue weighted by Gasteiger charge is -2.13. The maximum atomic E-state index is 5.59. The summed E-state index contributed by atoms with van der Waals surface area (Å²) in [7, 11) is 0. The van der Waals surface area contributed by atoms with E-state index in [1.54, 1.807) is 0 Å². The van der Waals surface area contributed by atoms with E-state index < -0.39 is 0 Å². The molecule has 1 aromatic carbocycles. The molecule has 1 unspecified atom stereocenters. The van der Waals surface area contributed by atoms with Gasteiger partial charge in [0.2, 0.25) is 0 Å². The van der Waals surface area contributed by atoms with Crippen LogP contribution < -0.4 is 11.3 Å². The molecule has 0 aliphatic carbocycles. The second kappa shape index (κ2) is 5.17. The molecule has 90 valence electrons. The molecule has 0 aliphatic heterocycles. The molecule has 0 saturated heterocycles. The van der Waals surface area contributed by atoms with E-state index in [2.05, 4.69) is 36.6 Å². The largest absolute Gasteiger partial charge is 0.465 e. The zero-order chi connectivity index (χ0) is 12.3. The van der Waals surface area contributed by atoms with E-state index in [4.69, 9.17) is 10.3 Å². The van der Waals surface area contributed by atoms with Crippen LogP contribution in [0.3, 0.4) is 0 Å². The fourth-order valence-electron chi connectivity index (χ4n) is 1.84. The fraction of sp³-hybridized carbons (Fsp3) is 0.286. The molecule has 3 nitrogen and oxygen atoms in total. The minimum atomic E-state index is 0.0198. The fourth-order valence-corrected chi connectivity index (χ4v) is 1.84. The molecule has 0 spiro atoms. The zero-order valence-electron chi connectivity index (χ0n) is 10.2. The van der Waals surface area contributed by atoms with Gasteiger partial charge < -0.3 is 4.42 Å². The van der Waals surface area contributed by atoms with Crippen molar-refractivity contribution >= 4 is 0 Å². The molecule has 1 aromatic heterocycles. The number of benzene rings is 1. The number of hydrogen-bond acceptors (Lipinski definition) is 3. The van der Waals surface area contributed by atoms with Crippen molar-refractivity contribution in [3.8, 4) is 0 Å². The Bertz CT molecular complexity index is 473. The maximum absolute atomic E-state index is 5.59. The normalized spacial score (nSPS) is 12.6. The summed E-state index contributed by atoms with van der Waals surface area (Å²) in [5.41, 5.74) is 5.31. The Morgan fingerprint density at radius 2 is 1.82 bits per heavy atom. The predicted octanol–water partition coefficient (Wildman–Crippen LogP) is 2.64. The van der Waals surface area contributed by atoms with Gasteiger partial charge in [-0.1, -0.05) is 29.8 Å². The summed E-state index contributed by atoms with van der Waals surface area (Å²) < 4.78 is 5.59. The van der Waals surface area contributed by atoms with Gasteiger partial charge in [-0.05, 0) is 38.0 Å². The number of hydrazine groups is 1. The Morgan fingerprint density at radius 3 is 2.35 bits per heavy atom. The highest BCUT2D eigenvalue weighted by molar-refractivity contribution is 5.23. The molecule has 2 rings (SSSR count). The van der Waals surface area contributed by atoms with Crippen molar-refractivity contribution in [2.75, 3.05) is 0 Å². The van der Waals surface area contributed by atoms with Crippen LogP contribution in [-0.2, 0) is 6.42 Å². The van der Waals surface area contributed by atoms with E-state index in [0.29, 0.717) is 0 Å². The summed E-state index contributed by atoms with van der Waals surface area (Å²) in [4.78, 5) is 0. The van der Waals surface area contributed by atoms with Crippen LogP contribution >= 0.6 is 0 Å². The lowest BCUT2D eigenvalue weighted by Crippen LogP contribution is -2.29. The highest BCUT2D eigenvalue weighted by Gasteiger charge is 2.13. The van der Waals surface area contributed by atoms with Crippen molar-refractivity contribution in [2.45, 2.75) is 26.3 Å². The average molecular weight is 230 g/mol. The Morgan fingerprint density at radius 1 is 1.12 bits per heavy atom. The van der Waals surface area contributed by atoms with Gasteiger partial charge in [0.05, 0.1) is 6.04 Å². The summed E-state index contributed by atoms with van der Waals surface area (Å²) in [5, 5.41) is 0. The first kappa shape index (κ1) is 11.9. The topological polar surface area (TPSA) is 51.2 Å². The molecule has 3 heteroatoms. The predicted molar refractivity (Wildman–Crippen MR) is 68.4 cm³/mol. The van der Waals surface area contributed by atoms with E-state index in [0.717, 1.165) is 17.9 Å². The number of aryl methyl sites for hydroxylation is 2. The number of rotatable bonds is 4. The first-order valence-corrected chi connectivity index (χ1v) is 5.77. The third kappa shape index (κ3) is 2.96. The Hall–Kier alpha value is -1.58. The minimum Gasteiger partial charge on any atom is -0.465 e. The summed E-state index contributed by atoms with van der Waals surface area (Å²) in [6.45, 7) is 4.02. The molecule has 0 fully saturated rings. The summed E-state index contributed by atoms with van der Waals surface area (Å²) in [6.07, 6.45) is 0.823. The Balaban J connectivity index is 2.12. The SMILES string of the molecule is Cc1ccc(CC(NN)c2ccc(C)o2)cc1. The van der Waals surface area contributed by atoms with Gasteiger partial charge in [-0.3, -0.25) is 5.84 Å². The average Bonchev–Trinajstić information content (AvgIpc) is 2.75. The maximum Gasteiger partial charge on any atom is 0.122 e. The van der Waals surface area contributed by atoms with Crippen LogP contribution in [0.2, 0.25) is 0 Å². The lowest BCUT2D eigenvalue weighted by molar-refractivity contribution is 0.403. The standard InChI is InChI=1S/C14H18N2O/c1-10-3-6-12(7-4-10)9-13(16-15)14-8-5-11(2)17-14/h3-8,13,16H,9,15H2,1-2H3. The quantitative estimate of drug-likeness (QED) is 0.627. The molecule has 0 amide bonds.